The highest BCUT2D eigenvalue weighted by atomic mass is 19.2. The normalized spacial score (nSPS) is 18.4. The van der Waals surface area contributed by atoms with Crippen LogP contribution in [0.2, 0.25) is 0 Å². The van der Waals surface area contributed by atoms with Crippen molar-refractivity contribution in [1.29, 1.82) is 0 Å². The van der Waals surface area contributed by atoms with Gasteiger partial charge in [-0.1, -0.05) is 37.3 Å². The van der Waals surface area contributed by atoms with Gasteiger partial charge < -0.3 is 9.47 Å². The maximum absolute atomic E-state index is 14.5. The van der Waals surface area contributed by atoms with Crippen molar-refractivity contribution in [1.82, 2.24) is 0 Å². The number of hydrogen-bond donors (Lipinski definition) is 0. The maximum atomic E-state index is 14.5. The summed E-state index contributed by atoms with van der Waals surface area (Å²) in [5, 5.41) is 1.12. The van der Waals surface area contributed by atoms with Gasteiger partial charge in [0.05, 0.1) is 18.8 Å². The molecule has 1 aliphatic heterocycles. The number of fused-ring (bicyclic) bond motifs is 1. The monoisotopic (exact) mass is 438 g/mol. The maximum Gasteiger partial charge on any atom is 0.159 e. The van der Waals surface area contributed by atoms with E-state index in [1.54, 1.807) is 24.3 Å². The van der Waals surface area contributed by atoms with Crippen LogP contribution in [0.15, 0.2) is 48.5 Å². The first-order valence-electron chi connectivity index (χ1n) is 10.9. The first-order valence-corrected chi connectivity index (χ1v) is 10.9. The molecule has 32 heavy (non-hydrogen) atoms. The smallest absolute Gasteiger partial charge is 0.159 e. The van der Waals surface area contributed by atoms with Crippen LogP contribution in [0.25, 0.3) is 10.8 Å². The molecule has 0 bridgehead atoms. The molecule has 0 aliphatic carbocycles. The first kappa shape index (κ1) is 22.4. The molecule has 0 radical (unpaired) electrons. The Labute approximate surface area is 186 Å². The fourth-order valence-corrected chi connectivity index (χ4v) is 3.88. The highest BCUT2D eigenvalue weighted by Crippen LogP contribution is 2.21. The molecule has 3 aromatic rings. The summed E-state index contributed by atoms with van der Waals surface area (Å²) in [6.45, 7) is 3.59. The molecule has 5 heteroatoms. The molecule has 1 saturated heterocycles. The van der Waals surface area contributed by atoms with Crippen LogP contribution >= 0.6 is 0 Å². The largest absolute Gasteiger partial charge is 0.352 e. The zero-order valence-corrected chi connectivity index (χ0v) is 18.0. The minimum absolute atomic E-state index is 0.239. The summed E-state index contributed by atoms with van der Waals surface area (Å²) < 4.78 is 52.9. The van der Waals surface area contributed by atoms with Crippen molar-refractivity contribution < 1.29 is 22.6 Å². The van der Waals surface area contributed by atoms with E-state index >= 15 is 0 Å². The van der Waals surface area contributed by atoms with E-state index < -0.39 is 17.5 Å². The molecule has 0 spiro atoms. The highest BCUT2D eigenvalue weighted by molar-refractivity contribution is 5.84. The fourth-order valence-electron chi connectivity index (χ4n) is 3.88. The van der Waals surface area contributed by atoms with E-state index in [9.17, 15) is 13.2 Å². The summed E-state index contributed by atoms with van der Waals surface area (Å²) in [7, 11) is 0. The predicted octanol–water partition coefficient (Wildman–Crippen LogP) is 6.38. The van der Waals surface area contributed by atoms with Crippen molar-refractivity contribution in [3.8, 4) is 11.8 Å². The lowest BCUT2D eigenvalue weighted by molar-refractivity contribution is -0.203. The molecule has 0 amide bonds. The van der Waals surface area contributed by atoms with Crippen molar-refractivity contribution in [3.63, 3.8) is 0 Å². The molecule has 4 rings (SSSR count). The van der Waals surface area contributed by atoms with E-state index in [0.29, 0.717) is 35.1 Å². The predicted molar refractivity (Wildman–Crippen MR) is 119 cm³/mol. The summed E-state index contributed by atoms with van der Waals surface area (Å²) in [5.41, 5.74) is 1.74. The number of aryl methyl sites for hydroxylation is 1. The van der Waals surface area contributed by atoms with Gasteiger partial charge in [-0.15, -0.1) is 0 Å². The minimum atomic E-state index is -0.908. The Kier molecular flexibility index (Phi) is 7.14. The van der Waals surface area contributed by atoms with Crippen molar-refractivity contribution in [2.45, 2.75) is 38.9 Å². The van der Waals surface area contributed by atoms with E-state index in [1.165, 1.54) is 6.07 Å². The van der Waals surface area contributed by atoms with Crippen molar-refractivity contribution >= 4 is 10.8 Å². The molecule has 1 heterocycles. The van der Waals surface area contributed by atoms with Crippen LogP contribution in [0.3, 0.4) is 0 Å². The molecule has 166 valence electrons. The first-order chi connectivity index (χ1) is 15.5. The van der Waals surface area contributed by atoms with Gasteiger partial charge >= 0.3 is 0 Å². The summed E-state index contributed by atoms with van der Waals surface area (Å²) in [6, 6.07) is 12.3. The van der Waals surface area contributed by atoms with Gasteiger partial charge in [0, 0.05) is 17.9 Å². The second kappa shape index (κ2) is 10.2. The zero-order valence-electron chi connectivity index (χ0n) is 18.0. The Morgan fingerprint density at radius 3 is 2.28 bits per heavy atom. The lowest BCUT2D eigenvalue weighted by Gasteiger charge is -2.29. The number of hydrogen-bond acceptors (Lipinski definition) is 2. The standard InChI is InChI=1S/C27H25F3O2/c1-2-3-20-16-31-27(32-17-20)11-7-19-5-9-21(24(28)13-19)8-4-18-6-10-22-14-25(29)26(30)15-23(22)12-18/h5-6,9-10,12-15,20,27H,2-3,7,11,16-17H2,1H3. The van der Waals surface area contributed by atoms with E-state index in [1.807, 2.05) is 6.07 Å². The minimum Gasteiger partial charge on any atom is -0.352 e. The molecular weight excluding hydrogens is 413 g/mol. The van der Waals surface area contributed by atoms with Crippen LogP contribution in [-0.4, -0.2) is 19.5 Å². The Balaban J connectivity index is 1.38. The number of halogens is 3. The molecule has 0 saturated carbocycles. The van der Waals surface area contributed by atoms with E-state index in [-0.39, 0.29) is 11.9 Å². The van der Waals surface area contributed by atoms with Gasteiger partial charge in [0.25, 0.3) is 0 Å². The average Bonchev–Trinajstić information content (AvgIpc) is 2.79. The zero-order chi connectivity index (χ0) is 22.5. The third-order valence-corrected chi connectivity index (χ3v) is 5.66. The molecule has 1 aliphatic rings. The average molecular weight is 438 g/mol. The second-order valence-electron chi connectivity index (χ2n) is 8.18. The summed E-state index contributed by atoms with van der Waals surface area (Å²) in [6.07, 6.45) is 3.32. The summed E-state index contributed by atoms with van der Waals surface area (Å²) in [4.78, 5) is 0. The van der Waals surface area contributed by atoms with Crippen LogP contribution in [0.1, 0.15) is 42.9 Å². The van der Waals surface area contributed by atoms with Crippen LogP contribution < -0.4 is 0 Å². The van der Waals surface area contributed by atoms with Crippen molar-refractivity contribution in [3.05, 3.63) is 82.7 Å². The number of benzene rings is 3. The summed E-state index contributed by atoms with van der Waals surface area (Å²) in [5.74, 6) is 4.01. The van der Waals surface area contributed by atoms with Crippen LogP contribution in [0.5, 0.6) is 0 Å². The third kappa shape index (κ3) is 5.51. The van der Waals surface area contributed by atoms with Gasteiger partial charge in [0.15, 0.2) is 17.9 Å². The van der Waals surface area contributed by atoms with Crippen molar-refractivity contribution in [2.24, 2.45) is 5.92 Å². The van der Waals surface area contributed by atoms with Gasteiger partial charge in [0.1, 0.15) is 5.82 Å². The van der Waals surface area contributed by atoms with E-state index in [0.717, 1.165) is 43.8 Å². The molecule has 0 N–H and O–H groups in total. The molecule has 3 aromatic carbocycles. The van der Waals surface area contributed by atoms with Crippen LogP contribution in [0.4, 0.5) is 13.2 Å². The van der Waals surface area contributed by atoms with Gasteiger partial charge in [-0.25, -0.2) is 13.2 Å². The Morgan fingerprint density at radius 1 is 0.812 bits per heavy atom. The molecule has 0 unspecified atom stereocenters. The lowest BCUT2D eigenvalue weighted by Crippen LogP contribution is -2.32. The molecule has 2 nitrogen and oxygen atoms in total. The van der Waals surface area contributed by atoms with E-state index in [2.05, 4.69) is 18.8 Å². The van der Waals surface area contributed by atoms with Gasteiger partial charge in [-0.3, -0.25) is 0 Å². The highest BCUT2D eigenvalue weighted by Gasteiger charge is 2.21. The SMILES string of the molecule is CCCC1COC(CCc2ccc(C#Cc3ccc4cc(F)c(F)cc4c3)c(F)c2)OC1. The van der Waals surface area contributed by atoms with Gasteiger partial charge in [0.2, 0.25) is 0 Å². The van der Waals surface area contributed by atoms with Gasteiger partial charge in [-0.2, -0.15) is 0 Å². The number of rotatable bonds is 5. The Bertz CT molecular complexity index is 1150. The molecular formula is C27H25F3O2. The number of ether oxygens (including phenoxy) is 2. The topological polar surface area (TPSA) is 18.5 Å². The van der Waals surface area contributed by atoms with Crippen LogP contribution in [0, 0.1) is 35.2 Å². The third-order valence-electron chi connectivity index (χ3n) is 5.66. The fraction of sp³-hybridized carbons (Fsp3) is 0.333. The van der Waals surface area contributed by atoms with Crippen LogP contribution in [-0.2, 0) is 15.9 Å². The second-order valence-corrected chi connectivity index (χ2v) is 8.18. The van der Waals surface area contributed by atoms with Crippen molar-refractivity contribution in [2.75, 3.05) is 13.2 Å². The quantitative estimate of drug-likeness (QED) is 0.431. The molecule has 1 fully saturated rings. The summed E-state index contributed by atoms with van der Waals surface area (Å²) >= 11 is 0. The lowest BCUT2D eigenvalue weighted by atomic mass is 10.0. The Hall–Kier alpha value is -2.81. The van der Waals surface area contributed by atoms with E-state index in [4.69, 9.17) is 9.47 Å². The molecule has 0 atom stereocenters. The molecule has 0 aromatic heterocycles. The van der Waals surface area contributed by atoms with Gasteiger partial charge in [-0.05, 0) is 65.6 Å². The Morgan fingerprint density at radius 2 is 1.56 bits per heavy atom.